The van der Waals surface area contributed by atoms with Crippen LogP contribution >= 0.6 is 0 Å². The van der Waals surface area contributed by atoms with Crippen molar-refractivity contribution in [3.8, 4) is 28.8 Å². The standard InChI is InChI=1S/C25H19N5O4/c1-34-19-5-4-18-14-30(22(31)20(18)13-19)15-25(23(32)28-24(33)29-25)9-6-16-3-2-10-27-21(16)17-7-11-26-12-8-17/h2-5,7-8,10-13H,14-15H2,1H3,(H2,28,29,32,33)/t25-/m1/s1. The Morgan fingerprint density at radius 3 is 2.68 bits per heavy atom. The number of imide groups is 1. The molecule has 0 radical (unpaired) electrons. The molecule has 2 aromatic heterocycles. The average Bonchev–Trinajstić information content (AvgIpc) is 3.32. The number of pyridine rings is 2. The molecule has 3 aromatic rings. The van der Waals surface area contributed by atoms with Crippen LogP contribution in [0.5, 0.6) is 5.75 Å². The molecule has 1 aromatic carbocycles. The molecule has 2 aliphatic heterocycles. The van der Waals surface area contributed by atoms with Gasteiger partial charge in [0.25, 0.3) is 11.8 Å². The molecule has 9 heteroatoms. The maximum absolute atomic E-state index is 13.1. The zero-order valence-corrected chi connectivity index (χ0v) is 18.2. The number of hydrogen-bond acceptors (Lipinski definition) is 6. The summed E-state index contributed by atoms with van der Waals surface area (Å²) < 4.78 is 5.22. The van der Waals surface area contributed by atoms with Crippen molar-refractivity contribution in [2.24, 2.45) is 0 Å². The number of methoxy groups -OCH3 is 1. The van der Waals surface area contributed by atoms with Gasteiger partial charge in [-0.15, -0.1) is 0 Å². The van der Waals surface area contributed by atoms with E-state index in [4.69, 9.17) is 4.74 Å². The summed E-state index contributed by atoms with van der Waals surface area (Å²) in [7, 11) is 1.53. The molecule has 0 bridgehead atoms. The van der Waals surface area contributed by atoms with Crippen LogP contribution in [0.25, 0.3) is 11.3 Å². The lowest BCUT2D eigenvalue weighted by atomic mass is 9.98. The van der Waals surface area contributed by atoms with Gasteiger partial charge in [-0.3, -0.25) is 24.9 Å². The first-order valence-corrected chi connectivity index (χ1v) is 10.5. The number of carbonyl (C=O) groups excluding carboxylic acids is 3. The Balaban J connectivity index is 1.50. The fourth-order valence-corrected chi connectivity index (χ4v) is 4.03. The summed E-state index contributed by atoms with van der Waals surface area (Å²) >= 11 is 0. The number of rotatable bonds is 4. The zero-order chi connectivity index (χ0) is 23.7. The molecular weight excluding hydrogens is 434 g/mol. The molecule has 2 aliphatic rings. The fraction of sp³-hybridized carbons (Fsp3) is 0.160. The van der Waals surface area contributed by atoms with E-state index in [-0.39, 0.29) is 12.5 Å². The van der Waals surface area contributed by atoms with E-state index >= 15 is 0 Å². The van der Waals surface area contributed by atoms with Crippen molar-refractivity contribution in [2.75, 3.05) is 13.7 Å². The van der Waals surface area contributed by atoms with Gasteiger partial charge in [0.05, 0.1) is 24.9 Å². The van der Waals surface area contributed by atoms with Crippen LogP contribution in [0.2, 0.25) is 0 Å². The maximum atomic E-state index is 13.1. The van der Waals surface area contributed by atoms with Crippen molar-refractivity contribution in [1.29, 1.82) is 0 Å². The topological polar surface area (TPSA) is 114 Å². The van der Waals surface area contributed by atoms with Crippen molar-refractivity contribution in [3.05, 3.63) is 77.7 Å². The molecule has 0 spiro atoms. The Kier molecular flexibility index (Phi) is 5.18. The normalized spacial score (nSPS) is 18.6. The van der Waals surface area contributed by atoms with E-state index in [1.165, 1.54) is 12.0 Å². The van der Waals surface area contributed by atoms with E-state index in [0.717, 1.165) is 11.1 Å². The van der Waals surface area contributed by atoms with Crippen LogP contribution in [0.3, 0.4) is 0 Å². The van der Waals surface area contributed by atoms with Gasteiger partial charge >= 0.3 is 6.03 Å². The van der Waals surface area contributed by atoms with Gasteiger partial charge < -0.3 is 15.0 Å². The Hall–Kier alpha value is -4.71. The summed E-state index contributed by atoms with van der Waals surface area (Å²) in [6, 6.07) is 11.7. The molecule has 0 aliphatic carbocycles. The third-order valence-corrected chi connectivity index (χ3v) is 5.74. The van der Waals surface area contributed by atoms with Crippen LogP contribution in [0.4, 0.5) is 4.79 Å². The van der Waals surface area contributed by atoms with Gasteiger partial charge in [0.15, 0.2) is 0 Å². The highest BCUT2D eigenvalue weighted by atomic mass is 16.5. The summed E-state index contributed by atoms with van der Waals surface area (Å²) in [5, 5.41) is 4.87. The van der Waals surface area contributed by atoms with E-state index in [9.17, 15) is 14.4 Å². The third-order valence-electron chi connectivity index (χ3n) is 5.74. The van der Waals surface area contributed by atoms with Gasteiger partial charge in [-0.1, -0.05) is 17.9 Å². The quantitative estimate of drug-likeness (QED) is 0.460. The van der Waals surface area contributed by atoms with Crippen molar-refractivity contribution in [1.82, 2.24) is 25.5 Å². The van der Waals surface area contributed by atoms with Crippen molar-refractivity contribution in [2.45, 2.75) is 12.1 Å². The second-order valence-corrected chi connectivity index (χ2v) is 7.88. The van der Waals surface area contributed by atoms with E-state index in [1.807, 2.05) is 18.2 Å². The van der Waals surface area contributed by atoms with Crippen molar-refractivity contribution in [3.63, 3.8) is 0 Å². The van der Waals surface area contributed by atoms with Crippen LogP contribution in [0.15, 0.2) is 61.1 Å². The molecule has 2 N–H and O–H groups in total. The van der Waals surface area contributed by atoms with Gasteiger partial charge in [-0.2, -0.15) is 0 Å². The number of benzene rings is 1. The number of aromatic nitrogens is 2. The SMILES string of the molecule is COc1ccc2c(c1)C(=O)N(C[C@@]1(C#Cc3cccnc3-c3ccncc3)NC(=O)NC1=O)C2. The van der Waals surface area contributed by atoms with E-state index < -0.39 is 17.5 Å². The zero-order valence-electron chi connectivity index (χ0n) is 18.2. The predicted molar refractivity (Wildman–Crippen MR) is 121 cm³/mol. The van der Waals surface area contributed by atoms with E-state index in [1.54, 1.807) is 42.9 Å². The molecule has 4 amide bonds. The predicted octanol–water partition coefficient (Wildman–Crippen LogP) is 1.74. The lowest BCUT2D eigenvalue weighted by molar-refractivity contribution is -0.122. The number of urea groups is 1. The molecular formula is C25H19N5O4. The molecule has 0 unspecified atom stereocenters. The molecule has 34 heavy (non-hydrogen) atoms. The number of fused-ring (bicyclic) bond motifs is 1. The van der Waals surface area contributed by atoms with Crippen molar-refractivity contribution >= 4 is 17.8 Å². The third kappa shape index (κ3) is 3.71. The summed E-state index contributed by atoms with van der Waals surface area (Å²) in [5.41, 5.74) is 1.71. The van der Waals surface area contributed by atoms with E-state index in [2.05, 4.69) is 32.4 Å². The Labute approximate surface area is 195 Å². The first-order chi connectivity index (χ1) is 16.5. The smallest absolute Gasteiger partial charge is 0.323 e. The molecule has 1 atom stereocenters. The molecule has 1 saturated heterocycles. The second kappa shape index (κ2) is 8.33. The highest BCUT2D eigenvalue weighted by molar-refractivity contribution is 6.10. The van der Waals surface area contributed by atoms with Crippen LogP contribution in [-0.4, -0.2) is 51.9 Å². The Bertz CT molecular complexity index is 1380. The minimum Gasteiger partial charge on any atom is -0.497 e. The number of nitrogens with one attached hydrogen (secondary N) is 2. The molecule has 1 fully saturated rings. The number of nitrogens with zero attached hydrogens (tertiary/aromatic N) is 3. The highest BCUT2D eigenvalue weighted by Gasteiger charge is 2.48. The Morgan fingerprint density at radius 2 is 1.94 bits per heavy atom. The summed E-state index contributed by atoms with van der Waals surface area (Å²) in [6.45, 7) is 0.179. The van der Waals surface area contributed by atoms with E-state index in [0.29, 0.717) is 29.1 Å². The number of amides is 4. The second-order valence-electron chi connectivity index (χ2n) is 7.88. The van der Waals surface area contributed by atoms with Gasteiger partial charge in [0.2, 0.25) is 5.54 Å². The average molecular weight is 453 g/mol. The first kappa shape index (κ1) is 21.2. The molecule has 9 nitrogen and oxygen atoms in total. The van der Waals surface area contributed by atoms with Crippen LogP contribution < -0.4 is 15.4 Å². The van der Waals surface area contributed by atoms with Gasteiger partial charge in [-0.05, 0) is 42.0 Å². The van der Waals surface area contributed by atoms with Crippen LogP contribution in [-0.2, 0) is 11.3 Å². The highest BCUT2D eigenvalue weighted by Crippen LogP contribution is 2.28. The van der Waals surface area contributed by atoms with Gasteiger partial charge in [0, 0.05) is 36.3 Å². The number of hydrogen-bond donors (Lipinski definition) is 2. The minimum absolute atomic E-state index is 0.113. The largest absolute Gasteiger partial charge is 0.497 e. The monoisotopic (exact) mass is 453 g/mol. The lowest BCUT2D eigenvalue weighted by Crippen LogP contribution is -2.54. The summed E-state index contributed by atoms with van der Waals surface area (Å²) in [4.78, 5) is 47.9. The molecule has 168 valence electrons. The first-order valence-electron chi connectivity index (χ1n) is 10.5. The number of ether oxygens (including phenoxy) is 1. The summed E-state index contributed by atoms with van der Waals surface area (Å²) in [6.07, 6.45) is 4.95. The minimum atomic E-state index is -1.61. The van der Waals surface area contributed by atoms with Crippen LogP contribution in [0.1, 0.15) is 21.5 Å². The lowest BCUT2D eigenvalue weighted by Gasteiger charge is -2.26. The van der Waals surface area contributed by atoms with Gasteiger partial charge in [-0.25, -0.2) is 4.79 Å². The van der Waals surface area contributed by atoms with Gasteiger partial charge in [0.1, 0.15) is 5.75 Å². The molecule has 4 heterocycles. The maximum Gasteiger partial charge on any atom is 0.323 e. The van der Waals surface area contributed by atoms with Crippen molar-refractivity contribution < 1.29 is 19.1 Å². The fourth-order valence-electron chi connectivity index (χ4n) is 4.03. The molecule has 5 rings (SSSR count). The Morgan fingerprint density at radius 1 is 1.12 bits per heavy atom. The molecule has 0 saturated carbocycles. The number of carbonyl (C=O) groups is 3. The van der Waals surface area contributed by atoms with Crippen LogP contribution in [0, 0.1) is 11.8 Å². The summed E-state index contributed by atoms with van der Waals surface area (Å²) in [5.74, 6) is 5.63.